The predicted molar refractivity (Wildman–Crippen MR) is 131 cm³/mol. The van der Waals surface area contributed by atoms with E-state index < -0.39 is 52.0 Å². The molecular weight excluding hydrogens is 490 g/mol. The number of aromatic nitrogens is 2. The Morgan fingerprint density at radius 3 is 2.47 bits per heavy atom. The van der Waals surface area contributed by atoms with Crippen LogP contribution < -0.4 is 10.1 Å². The number of carbonyl (C=O) groups is 2. The number of aliphatic hydroxyl groups excluding tert-OH is 1. The normalized spacial score (nSPS) is 40.9. The number of aromatic amines is 1. The number of hydrogen-bond donors (Lipinski definition) is 5. The van der Waals surface area contributed by atoms with Crippen molar-refractivity contribution in [2.24, 2.45) is 0 Å². The summed E-state index contributed by atoms with van der Waals surface area (Å²) >= 11 is 1.22. The maximum absolute atomic E-state index is 13.7. The Morgan fingerprint density at radius 1 is 1.19 bits per heavy atom. The van der Waals surface area contributed by atoms with Crippen LogP contribution >= 0.6 is 11.3 Å². The van der Waals surface area contributed by atoms with E-state index in [-0.39, 0.29) is 6.42 Å². The number of carbonyl (C=O) groups excluding carboxylic acids is 2. The number of imidazole rings is 1. The van der Waals surface area contributed by atoms with E-state index in [1.165, 1.54) is 45.4 Å². The van der Waals surface area contributed by atoms with Gasteiger partial charge in [0.1, 0.15) is 22.3 Å². The highest BCUT2D eigenvalue weighted by Gasteiger charge is 2.75. The van der Waals surface area contributed by atoms with Crippen LogP contribution in [0.1, 0.15) is 60.8 Å². The van der Waals surface area contributed by atoms with Gasteiger partial charge in [0.15, 0.2) is 5.60 Å². The molecule has 2 fully saturated rings. The average molecular weight is 526 g/mol. The molecule has 2 aliphatic heterocycles. The third-order valence-electron chi connectivity index (χ3n) is 8.62. The van der Waals surface area contributed by atoms with Crippen molar-refractivity contribution in [1.82, 2.24) is 15.3 Å². The van der Waals surface area contributed by atoms with E-state index in [1.807, 2.05) is 0 Å². The van der Waals surface area contributed by atoms with Crippen LogP contribution in [0, 0.1) is 0 Å². The number of nitrogens with zero attached hydrogens (tertiary/aromatic N) is 1. The quantitative estimate of drug-likeness (QED) is 0.351. The van der Waals surface area contributed by atoms with Gasteiger partial charge in [-0.2, -0.15) is 0 Å². The zero-order valence-corrected chi connectivity index (χ0v) is 22.2. The second-order valence-electron chi connectivity index (χ2n) is 10.9. The predicted octanol–water partition coefficient (Wildman–Crippen LogP) is 1.41. The lowest BCUT2D eigenvalue weighted by Gasteiger charge is -2.68. The molecule has 4 unspecified atom stereocenters. The summed E-state index contributed by atoms with van der Waals surface area (Å²) in [4.78, 5) is 33.2. The molecule has 6 atom stereocenters. The highest BCUT2D eigenvalue weighted by Crippen LogP contribution is 2.56. The van der Waals surface area contributed by atoms with Crippen LogP contribution in [-0.4, -0.2) is 83.9 Å². The van der Waals surface area contributed by atoms with Gasteiger partial charge in [-0.25, -0.2) is 9.78 Å². The first-order chi connectivity index (χ1) is 16.6. The molecule has 200 valence electrons. The third-order valence-corrected chi connectivity index (χ3v) is 9.46. The molecule has 0 aliphatic carbocycles. The van der Waals surface area contributed by atoms with E-state index in [0.717, 1.165) is 5.52 Å². The minimum absolute atomic E-state index is 0.132. The second kappa shape index (κ2) is 8.47. The topological polar surface area (TPSA) is 163 Å². The van der Waals surface area contributed by atoms with Crippen molar-refractivity contribution in [3.8, 4) is 5.06 Å². The summed E-state index contributed by atoms with van der Waals surface area (Å²) in [6, 6.07) is 0. The Labute approximate surface area is 213 Å². The van der Waals surface area contributed by atoms with Crippen LogP contribution in [0.3, 0.4) is 0 Å². The number of H-pyrrole nitrogens is 1. The van der Waals surface area contributed by atoms with Gasteiger partial charge in [0.2, 0.25) is 11.0 Å². The van der Waals surface area contributed by atoms with E-state index in [1.54, 1.807) is 19.2 Å². The summed E-state index contributed by atoms with van der Waals surface area (Å²) in [5.41, 5.74) is -9.02. The number of thiophene rings is 1. The molecule has 12 heteroatoms. The molecular formula is C24H35N3O8S. The number of rotatable bonds is 6. The molecule has 4 rings (SSSR count). The summed E-state index contributed by atoms with van der Waals surface area (Å²) in [6.45, 7) is 8.37. The van der Waals surface area contributed by atoms with Crippen LogP contribution in [0.25, 0.3) is 11.0 Å². The maximum atomic E-state index is 13.7. The molecule has 1 amide bonds. The minimum Gasteiger partial charge on any atom is -0.411 e. The molecule has 11 nitrogen and oxygen atoms in total. The number of amides is 1. The number of fused-ring (bicyclic) bond motifs is 1. The van der Waals surface area contributed by atoms with Gasteiger partial charge in [0.25, 0.3) is 0 Å². The lowest BCUT2D eigenvalue weighted by atomic mass is 9.55. The van der Waals surface area contributed by atoms with Crippen molar-refractivity contribution >= 4 is 34.2 Å². The lowest BCUT2D eigenvalue weighted by molar-refractivity contribution is -0.373. The molecule has 0 aromatic carbocycles. The van der Waals surface area contributed by atoms with Gasteiger partial charge in [-0.05, 0) is 47.5 Å². The summed E-state index contributed by atoms with van der Waals surface area (Å²) < 4.78 is 18.3. The second-order valence-corrected chi connectivity index (χ2v) is 11.7. The van der Waals surface area contributed by atoms with Crippen molar-refractivity contribution in [2.45, 2.75) is 94.3 Å². The minimum atomic E-state index is -2.02. The molecule has 2 aromatic rings. The Hall–Kier alpha value is -2.09. The van der Waals surface area contributed by atoms with Gasteiger partial charge in [0.05, 0.1) is 29.6 Å². The molecule has 0 radical (unpaired) electrons. The van der Waals surface area contributed by atoms with Gasteiger partial charge >= 0.3 is 5.97 Å². The van der Waals surface area contributed by atoms with Crippen LogP contribution in [0.5, 0.6) is 5.06 Å². The van der Waals surface area contributed by atoms with Crippen LogP contribution in [0.15, 0.2) is 11.7 Å². The lowest BCUT2D eigenvalue weighted by Crippen LogP contribution is -2.88. The van der Waals surface area contributed by atoms with Crippen LogP contribution in [-0.2, 0) is 19.1 Å². The monoisotopic (exact) mass is 525 g/mol. The molecule has 0 spiro atoms. The average Bonchev–Trinajstić information content (AvgIpc) is 3.51. The van der Waals surface area contributed by atoms with E-state index in [9.17, 15) is 24.9 Å². The van der Waals surface area contributed by atoms with Gasteiger partial charge in [-0.15, -0.1) is 11.3 Å². The van der Waals surface area contributed by atoms with Crippen molar-refractivity contribution in [3.63, 3.8) is 0 Å². The maximum Gasteiger partial charge on any atom is 0.344 e. The summed E-state index contributed by atoms with van der Waals surface area (Å²) in [5.74, 6) is -1.12. The fourth-order valence-electron chi connectivity index (χ4n) is 5.81. The number of esters is 1. The van der Waals surface area contributed by atoms with E-state index in [0.29, 0.717) is 30.0 Å². The zero-order chi connectivity index (χ0) is 26.8. The van der Waals surface area contributed by atoms with E-state index in [2.05, 4.69) is 15.3 Å². The van der Waals surface area contributed by atoms with Gasteiger partial charge in [0, 0.05) is 25.3 Å². The molecule has 2 aliphatic rings. The van der Waals surface area contributed by atoms with Crippen LogP contribution in [0.4, 0.5) is 0 Å². The van der Waals surface area contributed by atoms with Crippen molar-refractivity contribution in [1.29, 1.82) is 0 Å². The Morgan fingerprint density at radius 2 is 1.89 bits per heavy atom. The van der Waals surface area contributed by atoms with Crippen molar-refractivity contribution < 1.29 is 39.1 Å². The van der Waals surface area contributed by atoms with Crippen LogP contribution in [0.2, 0.25) is 0 Å². The molecule has 36 heavy (non-hydrogen) atoms. The van der Waals surface area contributed by atoms with E-state index >= 15 is 0 Å². The molecule has 4 heterocycles. The van der Waals surface area contributed by atoms with Gasteiger partial charge < -0.3 is 39.8 Å². The van der Waals surface area contributed by atoms with Gasteiger partial charge in [-0.3, -0.25) is 4.79 Å². The smallest absolute Gasteiger partial charge is 0.344 e. The number of nitrogens with one attached hydrogen (secondary N) is 2. The summed E-state index contributed by atoms with van der Waals surface area (Å²) in [6.07, 6.45) is 2.27. The third kappa shape index (κ3) is 3.61. The summed E-state index contributed by atoms with van der Waals surface area (Å²) in [7, 11) is 0. The summed E-state index contributed by atoms with van der Waals surface area (Å²) in [5, 5.41) is 38.5. The largest absolute Gasteiger partial charge is 0.411 e. The van der Waals surface area contributed by atoms with Gasteiger partial charge in [-0.1, -0.05) is 0 Å². The standard InChI is InChI=1S/C24H35N3O8S/c1-14(29)27-21(4)19(2,35-20(3,12-28)22(5,31)23(21,6)32)11-24(8-7-9-33-24)18(30)34-17-16-15(10-36-17)25-13-26-16/h10,13,28,31-32H,7-9,11-12H2,1-6H3,(H,25,26)(H,27,29)/t19?,20?,21?,22-,23?,24-/m1/s1. The molecule has 0 bridgehead atoms. The first-order valence-corrected chi connectivity index (χ1v) is 12.8. The zero-order valence-electron chi connectivity index (χ0n) is 21.4. The fourth-order valence-corrected chi connectivity index (χ4v) is 6.61. The molecule has 0 saturated carbocycles. The fraction of sp³-hybridized carbons (Fsp3) is 0.708. The Bertz CT molecular complexity index is 1170. The number of hydrogen-bond acceptors (Lipinski definition) is 10. The number of aliphatic hydroxyl groups is 3. The SMILES string of the molecule is CC(=O)NC1(C)C(C)(C[C@@]2(C(=O)Oc3scc4[nH]cnc34)CCCO2)OC(C)(CO)[C@@](C)(O)C1(C)O. The number of ether oxygens (including phenoxy) is 3. The first kappa shape index (κ1) is 27.0. The first-order valence-electron chi connectivity index (χ1n) is 11.9. The van der Waals surface area contributed by atoms with Crippen molar-refractivity contribution in [2.75, 3.05) is 13.2 Å². The molecule has 2 aromatic heterocycles. The van der Waals surface area contributed by atoms with Crippen molar-refractivity contribution in [3.05, 3.63) is 11.7 Å². The highest BCUT2D eigenvalue weighted by atomic mass is 32.1. The van der Waals surface area contributed by atoms with E-state index in [4.69, 9.17) is 14.2 Å². The molecule has 5 N–H and O–H groups in total. The Kier molecular flexibility index (Phi) is 6.34. The Balaban J connectivity index is 1.78. The molecule has 2 saturated heterocycles. The highest BCUT2D eigenvalue weighted by molar-refractivity contribution is 7.13.